The van der Waals surface area contributed by atoms with Crippen LogP contribution in [-0.4, -0.2) is 12.1 Å². The summed E-state index contributed by atoms with van der Waals surface area (Å²) in [5.41, 5.74) is 0. The molecule has 1 heterocycles. The second kappa shape index (κ2) is 1.59. The zero-order valence-electron chi connectivity index (χ0n) is 5.04. The van der Waals surface area contributed by atoms with Crippen molar-refractivity contribution in [1.82, 2.24) is 0 Å². The number of hydrogen-bond donors (Lipinski definition) is 0. The first kappa shape index (κ1) is 5.03. The highest BCUT2D eigenvalue weighted by atomic mass is 16.5. The lowest BCUT2D eigenvalue weighted by molar-refractivity contribution is -0.142. The Labute approximate surface area is 53.5 Å². The first-order valence-corrected chi connectivity index (χ1v) is 3.23. The van der Waals surface area contributed by atoms with Gasteiger partial charge >= 0.3 is 5.97 Å². The highest BCUT2D eigenvalue weighted by Gasteiger charge is 2.34. The van der Waals surface area contributed by atoms with E-state index in [-0.39, 0.29) is 18.0 Å². The average Bonchev–Trinajstić information content (AvgIpc) is 2.09. The van der Waals surface area contributed by atoms with Crippen LogP contribution in [0.5, 0.6) is 0 Å². The monoisotopic (exact) mass is 124 g/mol. The fraction of sp³-hybridized carbons (Fsp3) is 0.571. The van der Waals surface area contributed by atoms with Gasteiger partial charge in [0.15, 0.2) is 0 Å². The van der Waals surface area contributed by atoms with E-state index in [4.69, 9.17) is 4.74 Å². The molecule has 0 unspecified atom stereocenters. The third-order valence-electron chi connectivity index (χ3n) is 1.87. The third kappa shape index (κ3) is 0.661. The molecule has 1 aliphatic heterocycles. The SMILES string of the molecule is O=C1O[C@H]2CC=C[C@@H]1C2. The Hall–Kier alpha value is -0.790. The van der Waals surface area contributed by atoms with Crippen molar-refractivity contribution in [2.24, 2.45) is 5.92 Å². The third-order valence-corrected chi connectivity index (χ3v) is 1.87. The molecule has 0 aromatic carbocycles. The van der Waals surface area contributed by atoms with Gasteiger partial charge in [-0.2, -0.15) is 0 Å². The molecule has 1 aliphatic carbocycles. The Balaban J connectivity index is 2.27. The van der Waals surface area contributed by atoms with Crippen molar-refractivity contribution in [3.63, 3.8) is 0 Å². The molecular weight excluding hydrogens is 116 g/mol. The van der Waals surface area contributed by atoms with Crippen molar-refractivity contribution in [3.05, 3.63) is 12.2 Å². The van der Waals surface area contributed by atoms with Crippen molar-refractivity contribution in [2.45, 2.75) is 18.9 Å². The van der Waals surface area contributed by atoms with E-state index in [9.17, 15) is 4.79 Å². The molecule has 0 spiro atoms. The normalized spacial score (nSPS) is 38.9. The Morgan fingerprint density at radius 1 is 1.67 bits per heavy atom. The molecule has 0 aromatic heterocycles. The highest BCUT2D eigenvalue weighted by Crippen LogP contribution is 2.28. The maximum atomic E-state index is 10.8. The number of hydrogen-bond acceptors (Lipinski definition) is 2. The molecule has 1 fully saturated rings. The molecular formula is C7H8O2. The largest absolute Gasteiger partial charge is 0.462 e. The van der Waals surface area contributed by atoms with Crippen LogP contribution in [0.1, 0.15) is 12.8 Å². The minimum atomic E-state index is -0.0336. The van der Waals surface area contributed by atoms with Gasteiger partial charge in [-0.3, -0.25) is 4.79 Å². The molecule has 0 radical (unpaired) electrons. The number of fused-ring (bicyclic) bond motifs is 2. The molecule has 1 saturated heterocycles. The summed E-state index contributed by atoms with van der Waals surface area (Å²) in [6, 6.07) is 0. The minimum absolute atomic E-state index is 0.0336. The van der Waals surface area contributed by atoms with Gasteiger partial charge in [0.25, 0.3) is 0 Å². The van der Waals surface area contributed by atoms with Gasteiger partial charge in [0.1, 0.15) is 6.10 Å². The molecule has 2 aliphatic rings. The molecule has 0 amide bonds. The summed E-state index contributed by atoms with van der Waals surface area (Å²) < 4.78 is 4.98. The van der Waals surface area contributed by atoms with Gasteiger partial charge in [0.2, 0.25) is 0 Å². The van der Waals surface area contributed by atoms with Gasteiger partial charge < -0.3 is 4.74 Å². The quantitative estimate of drug-likeness (QED) is 0.354. The lowest BCUT2D eigenvalue weighted by Crippen LogP contribution is -2.05. The maximum absolute atomic E-state index is 10.8. The van der Waals surface area contributed by atoms with Crippen molar-refractivity contribution in [3.8, 4) is 0 Å². The summed E-state index contributed by atoms with van der Waals surface area (Å²) in [6.45, 7) is 0. The summed E-state index contributed by atoms with van der Waals surface area (Å²) >= 11 is 0. The first-order valence-electron chi connectivity index (χ1n) is 3.23. The van der Waals surface area contributed by atoms with Crippen LogP contribution in [0.3, 0.4) is 0 Å². The average molecular weight is 124 g/mol. The molecule has 0 aromatic rings. The number of carbonyl (C=O) groups excluding carboxylic acids is 1. The van der Waals surface area contributed by atoms with E-state index in [1.54, 1.807) is 0 Å². The predicted molar refractivity (Wildman–Crippen MR) is 31.7 cm³/mol. The molecule has 2 bridgehead atoms. The van der Waals surface area contributed by atoms with Crippen LogP contribution in [0.25, 0.3) is 0 Å². The molecule has 48 valence electrons. The summed E-state index contributed by atoms with van der Waals surface area (Å²) in [5, 5.41) is 0. The van der Waals surface area contributed by atoms with E-state index in [0.717, 1.165) is 12.8 Å². The number of rotatable bonds is 0. The molecule has 2 nitrogen and oxygen atoms in total. The molecule has 2 atom stereocenters. The van der Waals surface area contributed by atoms with Gasteiger partial charge in [-0.1, -0.05) is 12.2 Å². The number of ether oxygens (including phenoxy) is 1. The molecule has 0 saturated carbocycles. The Bertz CT molecular complexity index is 172. The van der Waals surface area contributed by atoms with E-state index in [1.807, 2.05) is 12.2 Å². The van der Waals surface area contributed by atoms with Crippen LogP contribution in [0.4, 0.5) is 0 Å². The summed E-state index contributed by atoms with van der Waals surface area (Å²) in [5.74, 6) is 0.0532. The van der Waals surface area contributed by atoms with Crippen LogP contribution >= 0.6 is 0 Å². The van der Waals surface area contributed by atoms with Crippen LogP contribution in [-0.2, 0) is 9.53 Å². The van der Waals surface area contributed by atoms with Crippen LogP contribution in [0.2, 0.25) is 0 Å². The molecule has 2 heteroatoms. The number of esters is 1. The lowest BCUT2D eigenvalue weighted by atomic mass is 9.97. The summed E-state index contributed by atoms with van der Waals surface area (Å²) in [7, 11) is 0. The van der Waals surface area contributed by atoms with Gasteiger partial charge in [0.05, 0.1) is 5.92 Å². The van der Waals surface area contributed by atoms with E-state index in [1.165, 1.54) is 0 Å². The van der Waals surface area contributed by atoms with E-state index in [2.05, 4.69) is 0 Å². The fourth-order valence-corrected chi connectivity index (χ4v) is 1.38. The van der Waals surface area contributed by atoms with E-state index >= 15 is 0 Å². The first-order chi connectivity index (χ1) is 4.36. The highest BCUT2D eigenvalue weighted by molar-refractivity contribution is 5.77. The van der Waals surface area contributed by atoms with E-state index < -0.39 is 0 Å². The van der Waals surface area contributed by atoms with Crippen molar-refractivity contribution >= 4 is 5.97 Å². The lowest BCUT2D eigenvalue weighted by Gasteiger charge is -2.06. The van der Waals surface area contributed by atoms with Crippen LogP contribution < -0.4 is 0 Å². The minimum Gasteiger partial charge on any atom is -0.462 e. The van der Waals surface area contributed by atoms with Gasteiger partial charge in [-0.05, 0) is 0 Å². The zero-order valence-corrected chi connectivity index (χ0v) is 5.04. The smallest absolute Gasteiger partial charge is 0.313 e. The Morgan fingerprint density at radius 2 is 2.56 bits per heavy atom. The van der Waals surface area contributed by atoms with Crippen molar-refractivity contribution in [2.75, 3.05) is 0 Å². The van der Waals surface area contributed by atoms with Crippen LogP contribution in [0.15, 0.2) is 12.2 Å². The second-order valence-electron chi connectivity index (χ2n) is 2.56. The number of carbonyl (C=O) groups is 1. The van der Waals surface area contributed by atoms with Gasteiger partial charge in [-0.25, -0.2) is 0 Å². The summed E-state index contributed by atoms with van der Waals surface area (Å²) in [4.78, 5) is 10.8. The maximum Gasteiger partial charge on any atom is 0.313 e. The second-order valence-corrected chi connectivity index (χ2v) is 2.56. The van der Waals surface area contributed by atoms with Crippen molar-refractivity contribution in [1.29, 1.82) is 0 Å². The van der Waals surface area contributed by atoms with E-state index in [0.29, 0.717) is 0 Å². The van der Waals surface area contributed by atoms with Crippen LogP contribution in [0, 0.1) is 5.92 Å². The van der Waals surface area contributed by atoms with Crippen molar-refractivity contribution < 1.29 is 9.53 Å². The van der Waals surface area contributed by atoms with Gasteiger partial charge in [0, 0.05) is 12.8 Å². The zero-order chi connectivity index (χ0) is 6.27. The Morgan fingerprint density at radius 3 is 3.22 bits per heavy atom. The predicted octanol–water partition coefficient (Wildman–Crippen LogP) is 0.878. The van der Waals surface area contributed by atoms with Gasteiger partial charge in [-0.15, -0.1) is 0 Å². The fourth-order valence-electron chi connectivity index (χ4n) is 1.38. The molecule has 9 heavy (non-hydrogen) atoms. The summed E-state index contributed by atoms with van der Waals surface area (Å²) in [6.07, 6.45) is 6.01. The molecule has 2 rings (SSSR count). The molecule has 0 N–H and O–H groups in total. The Kier molecular flexibility index (Phi) is 0.891. The topological polar surface area (TPSA) is 26.3 Å². The standard InChI is InChI=1S/C7H8O2/c8-7-5-2-1-3-6(4-5)9-7/h1-2,5-6H,3-4H2/t5-,6+/m1/s1.